The molecule has 0 aromatic rings. The van der Waals surface area contributed by atoms with Crippen molar-refractivity contribution >= 4 is 22.9 Å². The minimum Gasteiger partial charge on any atom is -0.468 e. The van der Waals surface area contributed by atoms with Gasteiger partial charge in [0.15, 0.2) is 5.17 Å². The van der Waals surface area contributed by atoms with Crippen molar-refractivity contribution in [2.24, 2.45) is 4.99 Å². The van der Waals surface area contributed by atoms with E-state index in [0.717, 1.165) is 0 Å². The SMILES string of the molecule is CCN=C1NC2C(OC(CNCC(=O)OC)C(O)C2O)S1. The smallest absolute Gasteiger partial charge is 0.319 e. The third-order valence-electron chi connectivity index (χ3n) is 3.36. The molecule has 0 aromatic heterocycles. The van der Waals surface area contributed by atoms with Crippen molar-refractivity contribution in [2.45, 2.75) is 36.7 Å². The van der Waals surface area contributed by atoms with Crippen LogP contribution in [0.1, 0.15) is 6.92 Å². The molecule has 4 N–H and O–H groups in total. The number of nitrogens with zero attached hydrogens (tertiary/aromatic N) is 1. The number of nitrogens with one attached hydrogen (secondary N) is 2. The molecule has 5 atom stereocenters. The number of ether oxygens (including phenoxy) is 2. The first kappa shape index (κ1) is 16.5. The van der Waals surface area contributed by atoms with Crippen molar-refractivity contribution in [1.29, 1.82) is 0 Å². The fourth-order valence-corrected chi connectivity index (χ4v) is 3.46. The summed E-state index contributed by atoms with van der Waals surface area (Å²) in [4.78, 5) is 15.3. The van der Waals surface area contributed by atoms with Gasteiger partial charge in [0.1, 0.15) is 23.7 Å². The van der Waals surface area contributed by atoms with E-state index in [0.29, 0.717) is 11.7 Å². The molecule has 9 heteroatoms. The minimum atomic E-state index is -1.04. The molecule has 0 radical (unpaired) electrons. The van der Waals surface area contributed by atoms with Gasteiger partial charge in [0.05, 0.1) is 19.7 Å². The van der Waals surface area contributed by atoms with Crippen LogP contribution in [0.5, 0.6) is 0 Å². The Morgan fingerprint density at radius 1 is 1.52 bits per heavy atom. The van der Waals surface area contributed by atoms with Gasteiger partial charge in [-0.3, -0.25) is 9.79 Å². The first-order chi connectivity index (χ1) is 10.1. The number of aliphatic hydroxyl groups is 2. The Kier molecular flexibility index (Phi) is 5.82. The Balaban J connectivity index is 1.91. The molecule has 0 saturated carbocycles. The third-order valence-corrected chi connectivity index (χ3v) is 4.47. The lowest BCUT2D eigenvalue weighted by Gasteiger charge is -2.38. The van der Waals surface area contributed by atoms with Crippen molar-refractivity contribution in [3.8, 4) is 0 Å². The summed E-state index contributed by atoms with van der Waals surface area (Å²) in [6.07, 6.45) is -2.59. The number of thioether (sulfide) groups is 1. The molecule has 21 heavy (non-hydrogen) atoms. The second kappa shape index (κ2) is 7.41. The molecule has 0 spiro atoms. The standard InChI is InChI=1S/C12H21N3O5S/c1-3-14-12-15-8-10(18)9(17)6(20-11(8)21-12)4-13-5-7(16)19-2/h6,8-11,13,17-18H,3-5H2,1-2H3,(H,14,15). The van der Waals surface area contributed by atoms with E-state index in [4.69, 9.17) is 4.74 Å². The Morgan fingerprint density at radius 2 is 2.29 bits per heavy atom. The average Bonchev–Trinajstić information content (AvgIpc) is 2.87. The molecule has 0 aromatic carbocycles. The molecule has 8 nitrogen and oxygen atoms in total. The molecule has 0 aliphatic carbocycles. The number of fused-ring (bicyclic) bond motifs is 1. The number of carbonyl (C=O) groups excluding carboxylic acids is 1. The summed E-state index contributed by atoms with van der Waals surface area (Å²) in [5, 5.41) is 26.9. The van der Waals surface area contributed by atoms with Crippen molar-refractivity contribution < 1.29 is 24.5 Å². The number of methoxy groups -OCH3 is 1. The van der Waals surface area contributed by atoms with Crippen LogP contribution in [-0.2, 0) is 14.3 Å². The Labute approximate surface area is 127 Å². The van der Waals surface area contributed by atoms with Crippen LogP contribution >= 0.6 is 11.8 Å². The van der Waals surface area contributed by atoms with Crippen LogP contribution in [0.4, 0.5) is 0 Å². The fraction of sp³-hybridized carbons (Fsp3) is 0.833. The number of esters is 1. The number of hydrogen-bond acceptors (Lipinski definition) is 8. The van der Waals surface area contributed by atoms with Gasteiger partial charge in [0.25, 0.3) is 0 Å². The number of aliphatic imine (C=N–C) groups is 1. The second-order valence-electron chi connectivity index (χ2n) is 4.80. The fourth-order valence-electron chi connectivity index (χ4n) is 2.26. The monoisotopic (exact) mass is 319 g/mol. The zero-order chi connectivity index (χ0) is 15.4. The molecule has 0 bridgehead atoms. The molecule has 120 valence electrons. The highest BCUT2D eigenvalue weighted by Gasteiger charge is 2.48. The van der Waals surface area contributed by atoms with Crippen LogP contribution in [-0.4, -0.2) is 77.9 Å². The van der Waals surface area contributed by atoms with Crippen molar-refractivity contribution in [3.63, 3.8) is 0 Å². The summed E-state index contributed by atoms with van der Waals surface area (Å²) in [5.41, 5.74) is -0.307. The van der Waals surface area contributed by atoms with Crippen molar-refractivity contribution in [3.05, 3.63) is 0 Å². The Morgan fingerprint density at radius 3 is 2.95 bits per heavy atom. The van der Waals surface area contributed by atoms with E-state index in [9.17, 15) is 15.0 Å². The van der Waals surface area contributed by atoms with Crippen molar-refractivity contribution in [1.82, 2.24) is 10.6 Å². The number of carbonyl (C=O) groups is 1. The summed E-state index contributed by atoms with van der Waals surface area (Å²) in [6, 6.07) is -0.382. The highest BCUT2D eigenvalue weighted by molar-refractivity contribution is 8.14. The summed E-state index contributed by atoms with van der Waals surface area (Å²) in [5.74, 6) is -0.395. The maximum Gasteiger partial charge on any atom is 0.319 e. The first-order valence-electron chi connectivity index (χ1n) is 6.83. The minimum absolute atomic E-state index is 0.0290. The van der Waals surface area contributed by atoms with Crippen molar-refractivity contribution in [2.75, 3.05) is 26.7 Å². The maximum absolute atomic E-state index is 11.0. The zero-order valence-electron chi connectivity index (χ0n) is 12.0. The first-order valence-corrected chi connectivity index (χ1v) is 7.71. The number of hydrogen-bond donors (Lipinski definition) is 4. The molecule has 2 saturated heterocycles. The molecule has 2 aliphatic rings. The topological polar surface area (TPSA) is 112 Å². The average molecular weight is 319 g/mol. The van der Waals surface area contributed by atoms with E-state index in [2.05, 4.69) is 20.4 Å². The summed E-state index contributed by atoms with van der Waals surface area (Å²) in [7, 11) is 1.31. The van der Waals surface area contributed by atoms with Gasteiger partial charge >= 0.3 is 5.97 Å². The van der Waals surface area contributed by atoms with Gasteiger partial charge in [-0.25, -0.2) is 0 Å². The van der Waals surface area contributed by atoms with E-state index < -0.39 is 24.3 Å². The summed E-state index contributed by atoms with van der Waals surface area (Å²) >= 11 is 1.40. The quantitative estimate of drug-likeness (QED) is 0.443. The third kappa shape index (κ3) is 3.86. The lowest BCUT2D eigenvalue weighted by molar-refractivity contribution is -0.155. The van der Waals surface area contributed by atoms with Crippen LogP contribution in [0.25, 0.3) is 0 Å². The largest absolute Gasteiger partial charge is 0.468 e. The normalized spacial score (nSPS) is 37.1. The van der Waals surface area contributed by atoms with Crippen LogP contribution in [0.3, 0.4) is 0 Å². The summed E-state index contributed by atoms with van der Waals surface area (Å²) < 4.78 is 10.3. The van der Waals surface area contributed by atoms with Gasteiger partial charge in [0.2, 0.25) is 0 Å². The van der Waals surface area contributed by atoms with E-state index in [1.165, 1.54) is 18.9 Å². The van der Waals surface area contributed by atoms with Crippen LogP contribution in [0.2, 0.25) is 0 Å². The van der Waals surface area contributed by atoms with Gasteiger partial charge < -0.3 is 30.3 Å². The van der Waals surface area contributed by atoms with E-state index in [1.807, 2.05) is 6.92 Å². The molecule has 2 fully saturated rings. The van der Waals surface area contributed by atoms with Gasteiger partial charge in [0, 0.05) is 13.1 Å². The predicted molar refractivity (Wildman–Crippen MR) is 78.1 cm³/mol. The van der Waals surface area contributed by atoms with Gasteiger partial charge in [-0.05, 0) is 6.92 Å². The van der Waals surface area contributed by atoms with Crippen LogP contribution in [0, 0.1) is 0 Å². The van der Waals surface area contributed by atoms with E-state index >= 15 is 0 Å². The molecule has 2 aliphatic heterocycles. The Hall–Kier alpha value is -0.870. The molecule has 0 amide bonds. The highest BCUT2D eigenvalue weighted by Crippen LogP contribution is 2.33. The zero-order valence-corrected chi connectivity index (χ0v) is 12.8. The molecular formula is C12H21N3O5S. The molecule has 2 rings (SSSR count). The van der Waals surface area contributed by atoms with Gasteiger partial charge in [-0.15, -0.1) is 0 Å². The van der Waals surface area contributed by atoms with Crippen LogP contribution in [0.15, 0.2) is 4.99 Å². The second-order valence-corrected chi connectivity index (χ2v) is 5.89. The molecule has 2 heterocycles. The molecular weight excluding hydrogens is 298 g/mol. The van der Waals surface area contributed by atoms with E-state index in [1.54, 1.807) is 0 Å². The molecule has 5 unspecified atom stereocenters. The lowest BCUT2D eigenvalue weighted by Crippen LogP contribution is -2.60. The summed E-state index contributed by atoms with van der Waals surface area (Å²) in [6.45, 7) is 2.83. The van der Waals surface area contributed by atoms with Gasteiger partial charge in [-0.2, -0.15) is 0 Å². The van der Waals surface area contributed by atoms with Gasteiger partial charge in [-0.1, -0.05) is 11.8 Å². The number of aliphatic hydroxyl groups excluding tert-OH is 2. The van der Waals surface area contributed by atoms with Crippen LogP contribution < -0.4 is 10.6 Å². The number of amidine groups is 1. The highest BCUT2D eigenvalue weighted by atomic mass is 32.2. The Bertz CT molecular complexity index is 408. The van der Waals surface area contributed by atoms with E-state index in [-0.39, 0.29) is 24.6 Å². The lowest BCUT2D eigenvalue weighted by atomic mass is 9.98. The predicted octanol–water partition coefficient (Wildman–Crippen LogP) is -1.72. The maximum atomic E-state index is 11.0. The number of rotatable bonds is 5.